The Morgan fingerprint density at radius 2 is 2.19 bits per heavy atom. The SMILES string of the molecule is COC[C@H](C)NC(=O)c1nc(S(C)(=O)=O)n2ccccc12. The summed E-state index contributed by atoms with van der Waals surface area (Å²) in [5, 5.41) is 2.57. The number of rotatable bonds is 5. The average Bonchev–Trinajstić information content (AvgIpc) is 2.78. The number of nitrogens with zero attached hydrogens (tertiary/aromatic N) is 2. The smallest absolute Gasteiger partial charge is 0.272 e. The first kappa shape index (κ1) is 15.5. The number of hydrogen-bond donors (Lipinski definition) is 1. The van der Waals surface area contributed by atoms with Gasteiger partial charge in [-0.2, -0.15) is 0 Å². The Hall–Kier alpha value is -1.93. The van der Waals surface area contributed by atoms with E-state index in [1.807, 2.05) is 0 Å². The van der Waals surface area contributed by atoms with Gasteiger partial charge in [0.2, 0.25) is 15.0 Å². The summed E-state index contributed by atoms with van der Waals surface area (Å²) < 4.78 is 29.9. The summed E-state index contributed by atoms with van der Waals surface area (Å²) in [5.41, 5.74) is 0.527. The van der Waals surface area contributed by atoms with Gasteiger partial charge in [0.1, 0.15) is 0 Å². The summed E-state index contributed by atoms with van der Waals surface area (Å²) in [5.74, 6) is -0.432. The molecule has 2 rings (SSSR count). The minimum atomic E-state index is -3.53. The zero-order valence-corrected chi connectivity index (χ0v) is 12.8. The molecule has 7 nitrogen and oxygen atoms in total. The van der Waals surface area contributed by atoms with E-state index in [-0.39, 0.29) is 16.9 Å². The van der Waals surface area contributed by atoms with Gasteiger partial charge < -0.3 is 10.1 Å². The molecule has 0 aliphatic rings. The monoisotopic (exact) mass is 311 g/mol. The Morgan fingerprint density at radius 3 is 2.81 bits per heavy atom. The van der Waals surface area contributed by atoms with Crippen LogP contribution < -0.4 is 5.32 Å². The molecule has 2 aromatic heterocycles. The number of nitrogens with one attached hydrogen (secondary N) is 1. The standard InChI is InChI=1S/C13H17N3O4S/c1-9(8-20-2)14-12(17)11-10-6-4-5-7-16(10)13(15-11)21(3,18)19/h4-7,9H,8H2,1-3H3,(H,14,17)/t9-/m0/s1. The quantitative estimate of drug-likeness (QED) is 0.868. The number of carbonyl (C=O) groups is 1. The molecule has 8 heteroatoms. The number of fused-ring (bicyclic) bond motifs is 1. The fourth-order valence-electron chi connectivity index (χ4n) is 2.02. The van der Waals surface area contributed by atoms with Gasteiger partial charge in [-0.25, -0.2) is 13.4 Å². The third-order valence-corrected chi connectivity index (χ3v) is 3.81. The minimum Gasteiger partial charge on any atom is -0.383 e. The van der Waals surface area contributed by atoms with Crippen LogP contribution in [0.4, 0.5) is 0 Å². The van der Waals surface area contributed by atoms with Gasteiger partial charge in [-0.1, -0.05) is 6.07 Å². The summed E-state index contributed by atoms with van der Waals surface area (Å²) in [6, 6.07) is 4.85. The van der Waals surface area contributed by atoms with Crippen molar-refractivity contribution >= 4 is 21.3 Å². The molecule has 1 amide bonds. The minimum absolute atomic E-state index is 0.0824. The van der Waals surface area contributed by atoms with Crippen LogP contribution in [0.5, 0.6) is 0 Å². The van der Waals surface area contributed by atoms with Gasteiger partial charge >= 0.3 is 0 Å². The van der Waals surface area contributed by atoms with E-state index in [1.54, 1.807) is 31.3 Å². The Bertz CT molecular complexity index is 767. The van der Waals surface area contributed by atoms with E-state index in [0.717, 1.165) is 6.26 Å². The van der Waals surface area contributed by atoms with Crippen molar-refractivity contribution in [3.8, 4) is 0 Å². The first-order valence-electron chi connectivity index (χ1n) is 6.31. The van der Waals surface area contributed by atoms with E-state index in [0.29, 0.717) is 12.1 Å². The van der Waals surface area contributed by atoms with Crippen molar-refractivity contribution in [2.45, 2.75) is 18.1 Å². The highest BCUT2D eigenvalue weighted by Gasteiger charge is 2.23. The Labute approximate surface area is 122 Å². The fourth-order valence-corrected chi connectivity index (χ4v) is 2.80. The van der Waals surface area contributed by atoms with Crippen molar-refractivity contribution in [1.82, 2.24) is 14.7 Å². The number of amides is 1. The van der Waals surface area contributed by atoms with Crippen LogP contribution in [-0.2, 0) is 14.6 Å². The van der Waals surface area contributed by atoms with Gasteiger partial charge in [0.05, 0.1) is 12.1 Å². The number of sulfone groups is 1. The Kier molecular flexibility index (Phi) is 4.29. The van der Waals surface area contributed by atoms with Crippen LogP contribution in [-0.4, -0.2) is 49.7 Å². The molecule has 0 radical (unpaired) electrons. The molecule has 0 aliphatic heterocycles. The largest absolute Gasteiger partial charge is 0.383 e. The summed E-state index contributed by atoms with van der Waals surface area (Å²) in [6.45, 7) is 2.15. The maximum absolute atomic E-state index is 12.2. The van der Waals surface area contributed by atoms with Crippen molar-refractivity contribution in [1.29, 1.82) is 0 Å². The van der Waals surface area contributed by atoms with Crippen molar-refractivity contribution in [2.75, 3.05) is 20.0 Å². The summed E-state index contributed by atoms with van der Waals surface area (Å²) in [4.78, 5) is 16.2. The van der Waals surface area contributed by atoms with E-state index >= 15 is 0 Å². The highest BCUT2D eigenvalue weighted by atomic mass is 32.2. The molecule has 21 heavy (non-hydrogen) atoms. The lowest BCUT2D eigenvalue weighted by Crippen LogP contribution is -2.35. The predicted molar refractivity (Wildman–Crippen MR) is 77.1 cm³/mol. The van der Waals surface area contributed by atoms with Gasteiger partial charge in [0, 0.05) is 25.6 Å². The maximum Gasteiger partial charge on any atom is 0.272 e. The normalized spacial score (nSPS) is 13.3. The summed E-state index contributed by atoms with van der Waals surface area (Å²) in [7, 11) is -2.00. The molecule has 2 heterocycles. The number of pyridine rings is 1. The third-order valence-electron chi connectivity index (χ3n) is 2.86. The number of aromatic nitrogens is 2. The lowest BCUT2D eigenvalue weighted by molar-refractivity contribution is 0.0902. The van der Waals surface area contributed by atoms with E-state index in [2.05, 4.69) is 10.3 Å². The second-order valence-electron chi connectivity index (χ2n) is 4.80. The molecule has 2 aromatic rings. The van der Waals surface area contributed by atoms with Crippen LogP contribution in [0.3, 0.4) is 0 Å². The van der Waals surface area contributed by atoms with Crippen LogP contribution in [0.2, 0.25) is 0 Å². The van der Waals surface area contributed by atoms with Crippen LogP contribution >= 0.6 is 0 Å². The molecule has 0 aromatic carbocycles. The second-order valence-corrected chi connectivity index (χ2v) is 6.71. The van der Waals surface area contributed by atoms with Crippen LogP contribution in [0, 0.1) is 0 Å². The first-order chi connectivity index (χ1) is 9.84. The van der Waals surface area contributed by atoms with Crippen molar-refractivity contribution in [3.63, 3.8) is 0 Å². The Balaban J connectivity index is 2.48. The van der Waals surface area contributed by atoms with Gasteiger partial charge in [0.25, 0.3) is 5.91 Å². The highest BCUT2D eigenvalue weighted by Crippen LogP contribution is 2.16. The van der Waals surface area contributed by atoms with E-state index < -0.39 is 15.7 Å². The fraction of sp³-hybridized carbons (Fsp3) is 0.385. The van der Waals surface area contributed by atoms with Gasteiger partial charge in [-0.05, 0) is 19.1 Å². The van der Waals surface area contributed by atoms with E-state index in [4.69, 9.17) is 4.74 Å². The molecule has 0 spiro atoms. The molecule has 1 N–H and O–H groups in total. The highest BCUT2D eigenvalue weighted by molar-refractivity contribution is 7.90. The second kappa shape index (κ2) is 5.82. The molecular weight excluding hydrogens is 294 g/mol. The van der Waals surface area contributed by atoms with Crippen LogP contribution in [0.25, 0.3) is 5.52 Å². The molecule has 0 saturated carbocycles. The number of ether oxygens (including phenoxy) is 1. The Morgan fingerprint density at radius 1 is 1.48 bits per heavy atom. The van der Waals surface area contributed by atoms with Gasteiger partial charge in [0.15, 0.2) is 5.69 Å². The number of imidazole rings is 1. The van der Waals surface area contributed by atoms with E-state index in [9.17, 15) is 13.2 Å². The third kappa shape index (κ3) is 3.22. The summed E-state index contributed by atoms with van der Waals surface area (Å²) in [6.07, 6.45) is 2.62. The zero-order chi connectivity index (χ0) is 15.6. The number of hydrogen-bond acceptors (Lipinski definition) is 5. The average molecular weight is 311 g/mol. The molecule has 0 saturated heterocycles. The molecule has 0 unspecified atom stereocenters. The first-order valence-corrected chi connectivity index (χ1v) is 8.20. The van der Waals surface area contributed by atoms with Crippen LogP contribution in [0.1, 0.15) is 17.4 Å². The molecule has 0 aliphatic carbocycles. The van der Waals surface area contributed by atoms with E-state index in [1.165, 1.54) is 11.5 Å². The zero-order valence-electron chi connectivity index (χ0n) is 12.0. The number of carbonyl (C=O) groups excluding carboxylic acids is 1. The molecule has 0 fully saturated rings. The number of methoxy groups -OCH3 is 1. The van der Waals surface area contributed by atoms with Crippen molar-refractivity contribution in [2.24, 2.45) is 0 Å². The van der Waals surface area contributed by atoms with Gasteiger partial charge in [-0.3, -0.25) is 9.20 Å². The predicted octanol–water partition coefficient (Wildman–Crippen LogP) is 0.503. The van der Waals surface area contributed by atoms with Crippen molar-refractivity contribution < 1.29 is 17.9 Å². The molecule has 114 valence electrons. The van der Waals surface area contributed by atoms with Crippen molar-refractivity contribution in [3.05, 3.63) is 30.1 Å². The lowest BCUT2D eigenvalue weighted by atomic mass is 10.3. The maximum atomic E-state index is 12.2. The molecular formula is C13H17N3O4S. The lowest BCUT2D eigenvalue weighted by Gasteiger charge is -2.11. The molecule has 1 atom stereocenters. The van der Waals surface area contributed by atoms with Crippen LogP contribution in [0.15, 0.2) is 29.6 Å². The topological polar surface area (TPSA) is 89.8 Å². The summed E-state index contributed by atoms with van der Waals surface area (Å²) >= 11 is 0. The van der Waals surface area contributed by atoms with Gasteiger partial charge in [-0.15, -0.1) is 0 Å². The molecule has 0 bridgehead atoms.